The highest BCUT2D eigenvalue weighted by atomic mass is 19.2. The van der Waals surface area contributed by atoms with E-state index in [-0.39, 0.29) is 31.4 Å². The van der Waals surface area contributed by atoms with Gasteiger partial charge in [0.2, 0.25) is 0 Å². The second kappa shape index (κ2) is 6.58. The van der Waals surface area contributed by atoms with Gasteiger partial charge in [0, 0.05) is 25.3 Å². The van der Waals surface area contributed by atoms with Crippen molar-refractivity contribution in [2.75, 3.05) is 20.3 Å². The molecule has 0 radical (unpaired) electrons. The molecule has 3 nitrogen and oxygen atoms in total. The average Bonchev–Trinajstić information content (AvgIpc) is 2.30. The molecule has 0 heterocycles. The van der Waals surface area contributed by atoms with Gasteiger partial charge in [-0.15, -0.1) is 0 Å². The molecule has 0 aliphatic heterocycles. The number of aliphatic hydroxyl groups is 1. The van der Waals surface area contributed by atoms with Crippen LogP contribution in [0.2, 0.25) is 0 Å². The van der Waals surface area contributed by atoms with Gasteiger partial charge in [-0.2, -0.15) is 0 Å². The Balaban J connectivity index is 2.65. The molecule has 0 saturated carbocycles. The minimum absolute atomic E-state index is 0.00143. The first-order valence-electron chi connectivity index (χ1n) is 5.05. The monoisotopic (exact) mass is 249 g/mol. The molecule has 1 unspecified atom stereocenters. The zero-order valence-corrected chi connectivity index (χ0v) is 9.34. The van der Waals surface area contributed by atoms with Crippen molar-refractivity contribution in [2.24, 2.45) is 0 Å². The van der Waals surface area contributed by atoms with Gasteiger partial charge < -0.3 is 15.2 Å². The quantitative estimate of drug-likeness (QED) is 0.744. The van der Waals surface area contributed by atoms with E-state index in [1.807, 2.05) is 0 Å². The number of hydrogen-bond acceptors (Lipinski definition) is 3. The summed E-state index contributed by atoms with van der Waals surface area (Å²) in [5, 5.41) is 11.7. The molecule has 0 aromatic heterocycles. The summed E-state index contributed by atoms with van der Waals surface area (Å²) in [6, 6.07) is 0.905. The lowest BCUT2D eigenvalue weighted by atomic mass is 10.2. The van der Waals surface area contributed by atoms with Gasteiger partial charge in [-0.3, -0.25) is 0 Å². The molecule has 0 fully saturated rings. The van der Waals surface area contributed by atoms with Crippen molar-refractivity contribution < 1.29 is 23.0 Å². The van der Waals surface area contributed by atoms with Gasteiger partial charge in [0.15, 0.2) is 11.6 Å². The molecular formula is C11H14F3NO2. The van der Waals surface area contributed by atoms with Crippen LogP contribution in [0.4, 0.5) is 13.2 Å². The second-order valence-electron chi connectivity index (χ2n) is 3.57. The molecule has 1 atom stereocenters. The molecule has 0 amide bonds. The van der Waals surface area contributed by atoms with Gasteiger partial charge in [0.25, 0.3) is 0 Å². The Morgan fingerprint density at radius 2 is 1.88 bits per heavy atom. The van der Waals surface area contributed by atoms with Crippen molar-refractivity contribution in [2.45, 2.75) is 12.6 Å². The summed E-state index contributed by atoms with van der Waals surface area (Å²) in [7, 11) is 1.46. The standard InChI is InChI=1S/C11H14F3NO2/c1-17-6-8(5-16)15-4-7-2-10(13)11(14)3-9(7)12/h2-3,8,15-16H,4-6H2,1H3. The Kier molecular flexibility index (Phi) is 5.40. The van der Waals surface area contributed by atoms with E-state index in [0.717, 1.165) is 6.07 Å². The van der Waals surface area contributed by atoms with Gasteiger partial charge in [0.05, 0.1) is 19.3 Å². The maximum Gasteiger partial charge on any atom is 0.161 e. The summed E-state index contributed by atoms with van der Waals surface area (Å²) >= 11 is 0. The third-order valence-corrected chi connectivity index (χ3v) is 2.26. The van der Waals surface area contributed by atoms with Gasteiger partial charge in [-0.05, 0) is 6.07 Å². The van der Waals surface area contributed by atoms with Gasteiger partial charge >= 0.3 is 0 Å². The molecule has 0 saturated heterocycles. The highest BCUT2D eigenvalue weighted by Gasteiger charge is 2.12. The van der Waals surface area contributed by atoms with E-state index in [9.17, 15) is 13.2 Å². The number of halogens is 3. The Bertz CT molecular complexity index is 374. The van der Waals surface area contributed by atoms with Crippen molar-refractivity contribution in [1.29, 1.82) is 0 Å². The fourth-order valence-corrected chi connectivity index (χ4v) is 1.33. The largest absolute Gasteiger partial charge is 0.395 e. The SMILES string of the molecule is COCC(CO)NCc1cc(F)c(F)cc1F. The maximum absolute atomic E-state index is 13.2. The van der Waals surface area contributed by atoms with Gasteiger partial charge in [0.1, 0.15) is 5.82 Å². The van der Waals surface area contributed by atoms with Crippen molar-refractivity contribution in [3.8, 4) is 0 Å². The summed E-state index contributed by atoms with van der Waals surface area (Å²) in [4.78, 5) is 0. The van der Waals surface area contributed by atoms with Crippen LogP contribution >= 0.6 is 0 Å². The Hall–Kier alpha value is -1.11. The Labute approximate surface area is 97.2 Å². The zero-order chi connectivity index (χ0) is 12.8. The molecule has 96 valence electrons. The Morgan fingerprint density at radius 1 is 1.24 bits per heavy atom. The number of nitrogens with one attached hydrogen (secondary N) is 1. The number of methoxy groups -OCH3 is 1. The van der Waals surface area contributed by atoms with Gasteiger partial charge in [-0.1, -0.05) is 0 Å². The number of rotatable bonds is 6. The third-order valence-electron chi connectivity index (χ3n) is 2.26. The summed E-state index contributed by atoms with van der Waals surface area (Å²) in [5.41, 5.74) is -0.00143. The molecular weight excluding hydrogens is 235 g/mol. The average molecular weight is 249 g/mol. The first-order valence-corrected chi connectivity index (χ1v) is 5.05. The van der Waals surface area contributed by atoms with Crippen molar-refractivity contribution in [3.05, 3.63) is 35.1 Å². The molecule has 1 aromatic rings. The lowest BCUT2D eigenvalue weighted by Gasteiger charge is -2.15. The number of ether oxygens (including phenoxy) is 1. The summed E-state index contributed by atoms with van der Waals surface area (Å²) in [6.45, 7) is 0.0263. The second-order valence-corrected chi connectivity index (χ2v) is 3.57. The summed E-state index contributed by atoms with van der Waals surface area (Å²) in [6.07, 6.45) is 0. The first kappa shape index (κ1) is 14.0. The number of aliphatic hydroxyl groups excluding tert-OH is 1. The topological polar surface area (TPSA) is 41.5 Å². The van der Waals surface area contributed by atoms with Crippen LogP contribution in [0, 0.1) is 17.5 Å². The molecule has 0 bridgehead atoms. The van der Waals surface area contributed by atoms with Gasteiger partial charge in [-0.25, -0.2) is 13.2 Å². The van der Waals surface area contributed by atoms with E-state index in [1.54, 1.807) is 0 Å². The number of benzene rings is 1. The van der Waals surface area contributed by atoms with E-state index < -0.39 is 17.5 Å². The first-order chi connectivity index (χ1) is 8.08. The zero-order valence-electron chi connectivity index (χ0n) is 9.34. The van der Waals surface area contributed by atoms with Crippen LogP contribution in [0.5, 0.6) is 0 Å². The molecule has 0 spiro atoms. The molecule has 2 N–H and O–H groups in total. The van der Waals surface area contributed by atoms with Crippen LogP contribution in [0.15, 0.2) is 12.1 Å². The van der Waals surface area contributed by atoms with Crippen molar-refractivity contribution in [3.63, 3.8) is 0 Å². The summed E-state index contributed by atoms with van der Waals surface area (Å²) < 4.78 is 43.6. The highest BCUT2D eigenvalue weighted by molar-refractivity contribution is 5.20. The van der Waals surface area contributed by atoms with Crippen LogP contribution in [0.1, 0.15) is 5.56 Å². The molecule has 1 aromatic carbocycles. The lowest BCUT2D eigenvalue weighted by molar-refractivity contribution is 0.128. The minimum atomic E-state index is -1.22. The van der Waals surface area contributed by atoms with Crippen LogP contribution < -0.4 is 5.32 Å². The van der Waals surface area contributed by atoms with E-state index in [1.165, 1.54) is 7.11 Å². The van der Waals surface area contributed by atoms with Crippen LogP contribution in [-0.2, 0) is 11.3 Å². The molecule has 1 rings (SSSR count). The molecule has 6 heteroatoms. The minimum Gasteiger partial charge on any atom is -0.395 e. The van der Waals surface area contributed by atoms with Crippen LogP contribution in [0.25, 0.3) is 0 Å². The van der Waals surface area contributed by atoms with E-state index >= 15 is 0 Å². The number of hydrogen-bond donors (Lipinski definition) is 2. The predicted molar refractivity (Wildman–Crippen MR) is 55.9 cm³/mol. The fraction of sp³-hybridized carbons (Fsp3) is 0.455. The van der Waals surface area contributed by atoms with Crippen molar-refractivity contribution in [1.82, 2.24) is 5.32 Å². The van der Waals surface area contributed by atoms with E-state index in [2.05, 4.69) is 5.32 Å². The van der Waals surface area contributed by atoms with Crippen LogP contribution in [-0.4, -0.2) is 31.5 Å². The van der Waals surface area contributed by atoms with E-state index in [0.29, 0.717) is 6.07 Å². The normalized spacial score (nSPS) is 12.8. The third kappa shape index (κ3) is 3.99. The smallest absolute Gasteiger partial charge is 0.161 e. The Morgan fingerprint density at radius 3 is 2.47 bits per heavy atom. The predicted octanol–water partition coefficient (Wildman–Crippen LogP) is 1.20. The fourth-order valence-electron chi connectivity index (χ4n) is 1.33. The van der Waals surface area contributed by atoms with E-state index in [4.69, 9.17) is 9.84 Å². The molecule has 17 heavy (non-hydrogen) atoms. The van der Waals surface area contributed by atoms with Crippen LogP contribution in [0.3, 0.4) is 0 Å². The van der Waals surface area contributed by atoms with Crippen molar-refractivity contribution >= 4 is 0 Å². The summed E-state index contributed by atoms with van der Waals surface area (Å²) in [5.74, 6) is -3.15. The molecule has 0 aliphatic carbocycles. The highest BCUT2D eigenvalue weighted by Crippen LogP contribution is 2.13. The maximum atomic E-state index is 13.2. The molecule has 0 aliphatic rings. The lowest BCUT2D eigenvalue weighted by Crippen LogP contribution is -2.36.